The lowest BCUT2D eigenvalue weighted by Gasteiger charge is -2.45. The van der Waals surface area contributed by atoms with Crippen LogP contribution in [0.25, 0.3) is 6.08 Å². The third-order valence-electron chi connectivity index (χ3n) is 12.5. The first-order valence-electron chi connectivity index (χ1n) is 22.8. The Morgan fingerprint density at radius 1 is 0.825 bits per heavy atom. The zero-order valence-corrected chi connectivity index (χ0v) is 44.7. The summed E-state index contributed by atoms with van der Waals surface area (Å²) in [6.45, 7) is 35.8. The number of hydrogen-bond donors (Lipinski definition) is 0. The minimum Gasteiger partial charge on any atom is -0.467 e. The summed E-state index contributed by atoms with van der Waals surface area (Å²) in [6.07, 6.45) is 7.78. The molecule has 1 heterocycles. The van der Waals surface area contributed by atoms with Crippen molar-refractivity contribution in [2.24, 2.45) is 5.92 Å². The minimum absolute atomic E-state index is 0.0118. The van der Waals surface area contributed by atoms with E-state index in [4.69, 9.17) is 32.5 Å². The van der Waals surface area contributed by atoms with Gasteiger partial charge < -0.3 is 32.5 Å². The van der Waals surface area contributed by atoms with Gasteiger partial charge >= 0.3 is 5.97 Å². The Kier molecular flexibility index (Phi) is 17.9. The van der Waals surface area contributed by atoms with E-state index in [0.717, 1.165) is 11.6 Å². The predicted octanol–water partition coefficient (Wildman–Crippen LogP) is 11.9. The lowest BCUT2D eigenvalue weighted by atomic mass is 9.99. The molecule has 1 aliphatic heterocycles. The molecule has 8 nitrogen and oxygen atoms in total. The van der Waals surface area contributed by atoms with Crippen LogP contribution in [0, 0.1) is 12.8 Å². The second-order valence-electron chi connectivity index (χ2n) is 21.6. The molecule has 1 fully saturated rings. The molecule has 0 spiro atoms. The van der Waals surface area contributed by atoms with Crippen LogP contribution in [-0.4, -0.2) is 81.4 Å². The summed E-state index contributed by atoms with van der Waals surface area (Å²) >= 11 is 0. The van der Waals surface area contributed by atoms with Crippen LogP contribution in [0.4, 0.5) is 0 Å². The molecule has 0 radical (unpaired) electrons. The van der Waals surface area contributed by atoms with Crippen molar-refractivity contribution in [1.29, 1.82) is 0 Å². The molecule has 1 aliphatic rings. The number of hydrogen-bond acceptors (Lipinski definition) is 8. The topological polar surface area (TPSA) is 81.7 Å². The average Bonchev–Trinajstić information content (AvgIpc) is 3.49. The van der Waals surface area contributed by atoms with Crippen molar-refractivity contribution in [2.45, 2.75) is 162 Å². The van der Waals surface area contributed by atoms with Gasteiger partial charge in [-0.05, 0) is 96.8 Å². The maximum Gasteiger partial charge on any atom is 0.342 e. The SMILES string of the molecule is COCOc1cc(C)cc(/C=C/C[C@@H]2OC(C)(C)O[C@@H]2C(/C=C\[C@@H](C)[C@H](C)O[Si](c2ccccc2)(c2ccccc2)C(C)(C)C)O[Si](C)(C)C(C)(C)C)c1C(=O)OCC[Si](C)(C)C. The fourth-order valence-electron chi connectivity index (χ4n) is 7.79. The third kappa shape index (κ3) is 13.9. The zero-order valence-electron chi connectivity index (χ0n) is 41.7. The van der Waals surface area contributed by atoms with Gasteiger partial charge in [0.25, 0.3) is 8.32 Å². The standard InChI is InChI=1S/C52H80O8Si3/c1-38-35-41(47(46(36-38)56-37-54-12)49(53)55-33-34-61(13,14)15)25-24-30-44-48(58-52(10,11)57-44)45(60-62(16,17)50(4,5)6)32-31-39(2)40(3)59-63(51(7,8)9,42-26-20-18-21-27-42)43-28-22-19-23-29-43/h18-29,31-32,35-36,39-40,44-45,48H,30,33-34,37H2,1-17H3/b25-24+,32-31-/t39-,40+,44+,45?,48+/m1/s1. The van der Waals surface area contributed by atoms with Gasteiger partial charge in [0.2, 0.25) is 0 Å². The van der Waals surface area contributed by atoms with Crippen LogP contribution < -0.4 is 15.1 Å². The van der Waals surface area contributed by atoms with Gasteiger partial charge in [-0.25, -0.2) is 4.79 Å². The molecule has 1 unspecified atom stereocenters. The molecule has 0 aromatic heterocycles. The molecule has 0 amide bonds. The summed E-state index contributed by atoms with van der Waals surface area (Å²) in [5.41, 5.74) is 2.05. The maximum atomic E-state index is 13.7. The fourth-order valence-corrected chi connectivity index (χ4v) is 14.5. The Morgan fingerprint density at radius 3 is 1.94 bits per heavy atom. The molecule has 5 atom stereocenters. The van der Waals surface area contributed by atoms with Gasteiger partial charge in [-0.15, -0.1) is 0 Å². The van der Waals surface area contributed by atoms with Crippen LogP contribution in [0.5, 0.6) is 5.75 Å². The average molecular weight is 917 g/mol. The number of carbonyl (C=O) groups excluding carboxylic acids is 1. The molecular formula is C52H80O8Si3. The lowest BCUT2D eigenvalue weighted by molar-refractivity contribution is -0.151. The normalized spacial score (nSPS) is 19.1. The molecule has 63 heavy (non-hydrogen) atoms. The maximum absolute atomic E-state index is 13.7. The Hall–Kier alpha value is -3.14. The van der Waals surface area contributed by atoms with E-state index >= 15 is 0 Å². The number of carbonyl (C=O) groups is 1. The van der Waals surface area contributed by atoms with Gasteiger partial charge in [0.1, 0.15) is 17.4 Å². The molecule has 0 N–H and O–H groups in total. The molecule has 0 aliphatic carbocycles. The smallest absolute Gasteiger partial charge is 0.342 e. The summed E-state index contributed by atoms with van der Waals surface area (Å²) in [5, 5.41) is 2.34. The number of aryl methyl sites for hydroxylation is 1. The van der Waals surface area contributed by atoms with Gasteiger partial charge in [0, 0.05) is 21.3 Å². The predicted molar refractivity (Wildman–Crippen MR) is 268 cm³/mol. The van der Waals surface area contributed by atoms with Gasteiger partial charge in [0.15, 0.2) is 20.9 Å². The van der Waals surface area contributed by atoms with Crippen molar-refractivity contribution in [3.05, 3.63) is 108 Å². The number of ether oxygens (including phenoxy) is 5. The molecule has 348 valence electrons. The van der Waals surface area contributed by atoms with Crippen molar-refractivity contribution in [2.75, 3.05) is 20.5 Å². The van der Waals surface area contributed by atoms with Gasteiger partial charge in [-0.3, -0.25) is 0 Å². The van der Waals surface area contributed by atoms with E-state index in [1.54, 1.807) is 7.11 Å². The molecule has 11 heteroatoms. The van der Waals surface area contributed by atoms with E-state index in [-0.39, 0.29) is 35.0 Å². The molecular weight excluding hydrogens is 837 g/mol. The summed E-state index contributed by atoms with van der Waals surface area (Å²) in [5.74, 6) is -0.767. The highest BCUT2D eigenvalue weighted by Crippen LogP contribution is 2.42. The number of esters is 1. The summed E-state index contributed by atoms with van der Waals surface area (Å²) in [6, 6.07) is 26.3. The summed E-state index contributed by atoms with van der Waals surface area (Å²) in [7, 11) is -4.96. The quantitative estimate of drug-likeness (QED) is 0.0480. The third-order valence-corrected chi connectivity index (χ3v) is 23.8. The first kappa shape index (κ1) is 52.5. The number of rotatable bonds is 20. The zero-order chi connectivity index (χ0) is 47.0. The van der Waals surface area contributed by atoms with E-state index < -0.39 is 48.7 Å². The van der Waals surface area contributed by atoms with Crippen LogP contribution >= 0.6 is 0 Å². The molecule has 4 rings (SSSR count). The second kappa shape index (κ2) is 21.4. The van der Waals surface area contributed by atoms with Crippen LogP contribution in [0.1, 0.15) is 97.1 Å². The Bertz CT molecular complexity index is 1940. The van der Waals surface area contributed by atoms with Crippen LogP contribution in [0.3, 0.4) is 0 Å². The second-order valence-corrected chi connectivity index (χ2v) is 36.2. The lowest BCUT2D eigenvalue weighted by Crippen LogP contribution is -2.67. The Balaban J connectivity index is 1.70. The Morgan fingerprint density at radius 2 is 1.41 bits per heavy atom. The monoisotopic (exact) mass is 917 g/mol. The van der Waals surface area contributed by atoms with E-state index in [9.17, 15) is 4.79 Å². The van der Waals surface area contributed by atoms with Crippen LogP contribution in [-0.2, 0) is 27.8 Å². The van der Waals surface area contributed by atoms with E-state index in [0.29, 0.717) is 29.9 Å². The van der Waals surface area contributed by atoms with Crippen LogP contribution in [0.15, 0.2) is 91.0 Å². The number of benzene rings is 3. The number of methoxy groups -OCH3 is 1. The van der Waals surface area contributed by atoms with Crippen molar-refractivity contribution in [3.8, 4) is 5.75 Å². The van der Waals surface area contributed by atoms with Crippen molar-refractivity contribution < 1.29 is 37.3 Å². The van der Waals surface area contributed by atoms with Crippen LogP contribution in [0.2, 0.25) is 48.9 Å². The van der Waals surface area contributed by atoms with Crippen molar-refractivity contribution >= 4 is 47.1 Å². The first-order valence-corrected chi connectivity index (χ1v) is 31.3. The molecule has 0 bridgehead atoms. The molecule has 3 aromatic carbocycles. The van der Waals surface area contributed by atoms with Gasteiger partial charge in [-0.1, -0.05) is 159 Å². The summed E-state index contributed by atoms with van der Waals surface area (Å²) in [4.78, 5) is 13.7. The molecule has 3 aromatic rings. The van der Waals surface area contributed by atoms with E-state index in [1.165, 1.54) is 10.4 Å². The highest BCUT2D eigenvalue weighted by Gasteiger charge is 2.52. The van der Waals surface area contributed by atoms with E-state index in [2.05, 4.69) is 167 Å². The summed E-state index contributed by atoms with van der Waals surface area (Å²) < 4.78 is 45.3. The minimum atomic E-state index is -2.79. The first-order chi connectivity index (χ1) is 29.2. The highest BCUT2D eigenvalue weighted by molar-refractivity contribution is 6.99. The van der Waals surface area contributed by atoms with Crippen molar-refractivity contribution in [1.82, 2.24) is 0 Å². The van der Waals surface area contributed by atoms with Gasteiger partial charge in [-0.2, -0.15) is 0 Å². The molecule has 0 saturated carbocycles. The van der Waals surface area contributed by atoms with Gasteiger partial charge in [0.05, 0.1) is 18.8 Å². The van der Waals surface area contributed by atoms with Crippen molar-refractivity contribution in [3.63, 3.8) is 0 Å². The molecule has 1 saturated heterocycles. The van der Waals surface area contributed by atoms with E-state index in [1.807, 2.05) is 39.0 Å². The Labute approximate surface area is 384 Å². The highest BCUT2D eigenvalue weighted by atomic mass is 28.4. The largest absolute Gasteiger partial charge is 0.467 e. The fraction of sp³-hybridized carbons (Fsp3) is 0.558.